The lowest BCUT2D eigenvalue weighted by Crippen LogP contribution is -1.98. The Morgan fingerprint density at radius 1 is 1.10 bits per heavy atom. The van der Waals surface area contributed by atoms with E-state index in [-0.39, 0.29) is 6.01 Å². The standard InChI is InChI=1S/C13H16ClN3O4/c1-18-9-6-8(7-10(19-2)12(9)20-3)15-13-17-16-11(21-13)4-5-14/h6-7H,4-5H2,1-3H3,(H,15,17). The maximum Gasteiger partial charge on any atom is 0.320 e. The highest BCUT2D eigenvalue weighted by atomic mass is 35.5. The lowest BCUT2D eigenvalue weighted by atomic mass is 10.2. The van der Waals surface area contributed by atoms with Crippen molar-refractivity contribution in [2.45, 2.75) is 6.42 Å². The van der Waals surface area contributed by atoms with Crippen LogP contribution in [0, 0.1) is 0 Å². The Morgan fingerprint density at radius 3 is 2.29 bits per heavy atom. The van der Waals surface area contributed by atoms with E-state index in [0.717, 1.165) is 0 Å². The van der Waals surface area contributed by atoms with Gasteiger partial charge in [-0.2, -0.15) is 0 Å². The number of anilines is 2. The molecule has 1 aromatic heterocycles. The third kappa shape index (κ3) is 3.49. The first-order valence-corrected chi connectivity index (χ1v) is 6.70. The molecule has 0 amide bonds. The first-order valence-electron chi connectivity index (χ1n) is 6.17. The summed E-state index contributed by atoms with van der Waals surface area (Å²) in [6.45, 7) is 0. The molecule has 1 aromatic carbocycles. The summed E-state index contributed by atoms with van der Waals surface area (Å²) in [4.78, 5) is 0. The summed E-state index contributed by atoms with van der Waals surface area (Å²) < 4.78 is 21.2. The molecule has 0 saturated heterocycles. The first kappa shape index (κ1) is 15.2. The lowest BCUT2D eigenvalue weighted by molar-refractivity contribution is 0.324. The molecule has 2 rings (SSSR count). The second-order valence-corrected chi connectivity index (χ2v) is 4.36. The van der Waals surface area contributed by atoms with Crippen molar-refractivity contribution in [1.82, 2.24) is 10.2 Å². The maximum atomic E-state index is 5.62. The molecule has 21 heavy (non-hydrogen) atoms. The van der Waals surface area contributed by atoms with Crippen LogP contribution in [0.4, 0.5) is 11.7 Å². The molecular weight excluding hydrogens is 298 g/mol. The Labute approximate surface area is 127 Å². The molecule has 0 saturated carbocycles. The van der Waals surface area contributed by atoms with Gasteiger partial charge in [-0.25, -0.2) is 0 Å². The van der Waals surface area contributed by atoms with E-state index >= 15 is 0 Å². The minimum absolute atomic E-state index is 0.268. The van der Waals surface area contributed by atoms with Gasteiger partial charge in [0.05, 0.1) is 27.0 Å². The molecule has 0 fully saturated rings. The zero-order valence-electron chi connectivity index (χ0n) is 12.0. The highest BCUT2D eigenvalue weighted by molar-refractivity contribution is 6.17. The van der Waals surface area contributed by atoms with Gasteiger partial charge < -0.3 is 23.9 Å². The number of benzene rings is 1. The molecule has 0 aliphatic rings. The van der Waals surface area contributed by atoms with Gasteiger partial charge in [-0.05, 0) is 0 Å². The van der Waals surface area contributed by atoms with Crippen LogP contribution in [0.25, 0.3) is 0 Å². The van der Waals surface area contributed by atoms with Crippen LogP contribution in [0.1, 0.15) is 5.89 Å². The van der Waals surface area contributed by atoms with E-state index in [1.54, 1.807) is 33.5 Å². The average molecular weight is 314 g/mol. The SMILES string of the molecule is COc1cc(Nc2nnc(CCCl)o2)cc(OC)c1OC. The molecule has 2 aromatic rings. The zero-order valence-corrected chi connectivity index (χ0v) is 12.7. The van der Waals surface area contributed by atoms with E-state index in [2.05, 4.69) is 15.5 Å². The Kier molecular flexibility index (Phi) is 5.10. The van der Waals surface area contributed by atoms with Crippen LogP contribution in [0.3, 0.4) is 0 Å². The highest BCUT2D eigenvalue weighted by Gasteiger charge is 2.14. The number of alkyl halides is 1. The maximum absolute atomic E-state index is 5.62. The van der Waals surface area contributed by atoms with Crippen LogP contribution in [-0.2, 0) is 6.42 Å². The fraction of sp³-hybridized carbons (Fsp3) is 0.385. The minimum atomic E-state index is 0.268. The van der Waals surface area contributed by atoms with Crippen LogP contribution >= 0.6 is 11.6 Å². The third-order valence-electron chi connectivity index (χ3n) is 2.69. The number of nitrogens with zero attached hydrogens (tertiary/aromatic N) is 2. The van der Waals surface area contributed by atoms with Gasteiger partial charge in [-0.1, -0.05) is 5.10 Å². The predicted molar refractivity (Wildman–Crippen MR) is 78.1 cm³/mol. The van der Waals surface area contributed by atoms with Crippen molar-refractivity contribution in [2.75, 3.05) is 32.5 Å². The topological polar surface area (TPSA) is 78.6 Å². The van der Waals surface area contributed by atoms with Crippen molar-refractivity contribution in [2.24, 2.45) is 0 Å². The Balaban J connectivity index is 2.26. The first-order chi connectivity index (χ1) is 10.2. The van der Waals surface area contributed by atoms with Gasteiger partial charge in [-0.15, -0.1) is 16.7 Å². The second kappa shape index (κ2) is 7.03. The number of aromatic nitrogens is 2. The van der Waals surface area contributed by atoms with Crippen molar-refractivity contribution in [3.63, 3.8) is 0 Å². The van der Waals surface area contributed by atoms with Crippen LogP contribution in [0.2, 0.25) is 0 Å². The van der Waals surface area contributed by atoms with Gasteiger partial charge in [0.15, 0.2) is 11.5 Å². The molecule has 114 valence electrons. The summed E-state index contributed by atoms with van der Waals surface area (Å²) in [6, 6.07) is 3.75. The molecular formula is C13H16ClN3O4. The summed E-state index contributed by atoms with van der Waals surface area (Å²) in [7, 11) is 4.64. The fourth-order valence-electron chi connectivity index (χ4n) is 1.76. The lowest BCUT2D eigenvalue weighted by Gasteiger charge is -2.13. The number of halogens is 1. The van der Waals surface area contributed by atoms with E-state index in [9.17, 15) is 0 Å². The van der Waals surface area contributed by atoms with Crippen molar-refractivity contribution >= 4 is 23.3 Å². The van der Waals surface area contributed by atoms with Crippen LogP contribution in [-0.4, -0.2) is 37.4 Å². The fourth-order valence-corrected chi connectivity index (χ4v) is 1.92. The van der Waals surface area contributed by atoms with Gasteiger partial charge in [0.2, 0.25) is 11.6 Å². The zero-order chi connectivity index (χ0) is 15.2. The highest BCUT2D eigenvalue weighted by Crippen LogP contribution is 2.40. The van der Waals surface area contributed by atoms with E-state index < -0.39 is 0 Å². The molecule has 0 unspecified atom stereocenters. The van der Waals surface area contributed by atoms with Gasteiger partial charge in [0, 0.05) is 24.4 Å². The summed E-state index contributed by atoms with van der Waals surface area (Å²) >= 11 is 5.62. The molecule has 0 aliphatic carbocycles. The molecule has 7 nitrogen and oxygen atoms in total. The number of aryl methyl sites for hydroxylation is 1. The minimum Gasteiger partial charge on any atom is -0.493 e. The smallest absolute Gasteiger partial charge is 0.320 e. The number of methoxy groups -OCH3 is 3. The Hall–Kier alpha value is -2.15. The molecule has 0 atom stereocenters. The van der Waals surface area contributed by atoms with Gasteiger partial charge in [0.1, 0.15) is 0 Å². The Bertz CT molecular complexity index is 578. The number of ether oxygens (including phenoxy) is 3. The van der Waals surface area contributed by atoms with E-state index in [0.29, 0.717) is 41.1 Å². The molecule has 0 aliphatic heterocycles. The Morgan fingerprint density at radius 2 is 1.76 bits per heavy atom. The summed E-state index contributed by atoms with van der Waals surface area (Å²) in [6.07, 6.45) is 0.519. The molecule has 0 spiro atoms. The molecule has 1 N–H and O–H groups in total. The van der Waals surface area contributed by atoms with E-state index in [1.165, 1.54) is 0 Å². The van der Waals surface area contributed by atoms with Crippen molar-refractivity contribution < 1.29 is 18.6 Å². The molecule has 0 radical (unpaired) electrons. The predicted octanol–water partition coefficient (Wildman–Crippen LogP) is 2.62. The summed E-state index contributed by atoms with van der Waals surface area (Å²) in [5, 5.41) is 10.7. The quantitative estimate of drug-likeness (QED) is 0.787. The summed E-state index contributed by atoms with van der Waals surface area (Å²) in [5.41, 5.74) is 0.672. The van der Waals surface area contributed by atoms with Crippen molar-refractivity contribution in [3.8, 4) is 17.2 Å². The van der Waals surface area contributed by atoms with Crippen molar-refractivity contribution in [1.29, 1.82) is 0 Å². The van der Waals surface area contributed by atoms with Gasteiger partial charge >= 0.3 is 6.01 Å². The normalized spacial score (nSPS) is 10.3. The summed E-state index contributed by atoms with van der Waals surface area (Å²) in [5.74, 6) is 2.46. The number of nitrogens with one attached hydrogen (secondary N) is 1. The van der Waals surface area contributed by atoms with Crippen LogP contribution in [0.15, 0.2) is 16.5 Å². The van der Waals surface area contributed by atoms with Gasteiger partial charge in [0.25, 0.3) is 0 Å². The van der Waals surface area contributed by atoms with E-state index in [1.807, 2.05) is 0 Å². The largest absolute Gasteiger partial charge is 0.493 e. The molecule has 1 heterocycles. The van der Waals surface area contributed by atoms with Crippen LogP contribution < -0.4 is 19.5 Å². The molecule has 0 bridgehead atoms. The number of rotatable bonds is 7. The second-order valence-electron chi connectivity index (χ2n) is 3.98. The number of hydrogen-bond acceptors (Lipinski definition) is 7. The number of hydrogen-bond donors (Lipinski definition) is 1. The van der Waals surface area contributed by atoms with Crippen molar-refractivity contribution in [3.05, 3.63) is 18.0 Å². The monoisotopic (exact) mass is 313 g/mol. The van der Waals surface area contributed by atoms with Crippen LogP contribution in [0.5, 0.6) is 17.2 Å². The van der Waals surface area contributed by atoms with Gasteiger partial charge in [-0.3, -0.25) is 0 Å². The average Bonchev–Trinajstić information content (AvgIpc) is 2.93. The molecule has 8 heteroatoms. The van der Waals surface area contributed by atoms with E-state index in [4.69, 9.17) is 30.2 Å². The third-order valence-corrected chi connectivity index (χ3v) is 2.88.